The number of thiocarbonyl (C=S) groups is 1. The van der Waals surface area contributed by atoms with Crippen LogP contribution in [0.3, 0.4) is 0 Å². The van der Waals surface area contributed by atoms with Gasteiger partial charge in [-0.15, -0.1) is 0 Å². The molecule has 0 aromatic heterocycles. The molecule has 0 bridgehead atoms. The van der Waals surface area contributed by atoms with Gasteiger partial charge in [-0.05, 0) is 19.3 Å². The molecule has 104 valence electrons. The molecule has 6 heteroatoms. The molecule has 0 spiro atoms. The van der Waals surface area contributed by atoms with E-state index in [1.807, 2.05) is 20.8 Å². The first-order valence-corrected chi connectivity index (χ1v) is 6.59. The zero-order chi connectivity index (χ0) is 14.3. The predicted molar refractivity (Wildman–Crippen MR) is 76.0 cm³/mol. The molecule has 18 heavy (non-hydrogen) atoms. The van der Waals surface area contributed by atoms with Gasteiger partial charge in [0.15, 0.2) is 0 Å². The van der Waals surface area contributed by atoms with E-state index in [9.17, 15) is 9.59 Å². The van der Waals surface area contributed by atoms with Crippen LogP contribution in [0.2, 0.25) is 0 Å². The minimum Gasteiger partial charge on any atom is -0.393 e. The number of carbonyl (C=O) groups is 2. The standard InChI is InChI=1S/C12H23N3O2S/c1-5-6-14-11(16)8(4)15-12(17)9(7(2)3)10(13)18/h7-9H,5-6H2,1-4H3,(H2,13,18)(H,14,16)(H,15,17). The molecule has 0 rings (SSSR count). The van der Waals surface area contributed by atoms with Crippen LogP contribution in [0.1, 0.15) is 34.1 Å². The van der Waals surface area contributed by atoms with Crippen LogP contribution in [0.4, 0.5) is 0 Å². The Morgan fingerprint density at radius 1 is 1.22 bits per heavy atom. The number of amides is 2. The lowest BCUT2D eigenvalue weighted by atomic mass is 9.94. The number of rotatable bonds is 7. The van der Waals surface area contributed by atoms with Gasteiger partial charge >= 0.3 is 0 Å². The molecular formula is C12H23N3O2S. The number of hydrogen-bond donors (Lipinski definition) is 3. The van der Waals surface area contributed by atoms with Crippen molar-refractivity contribution in [1.29, 1.82) is 0 Å². The molecule has 0 heterocycles. The minimum absolute atomic E-state index is 0.00778. The van der Waals surface area contributed by atoms with Gasteiger partial charge in [-0.2, -0.15) is 0 Å². The Balaban J connectivity index is 4.45. The largest absolute Gasteiger partial charge is 0.393 e. The number of nitrogens with one attached hydrogen (secondary N) is 2. The van der Waals surface area contributed by atoms with E-state index in [-0.39, 0.29) is 22.7 Å². The highest BCUT2D eigenvalue weighted by Gasteiger charge is 2.27. The molecular weight excluding hydrogens is 250 g/mol. The quantitative estimate of drug-likeness (QED) is 0.592. The number of nitrogens with two attached hydrogens (primary N) is 1. The monoisotopic (exact) mass is 273 g/mol. The van der Waals surface area contributed by atoms with Gasteiger partial charge in [-0.1, -0.05) is 33.0 Å². The van der Waals surface area contributed by atoms with Gasteiger partial charge in [0.05, 0.1) is 10.9 Å². The maximum absolute atomic E-state index is 12.0. The Morgan fingerprint density at radius 2 is 1.78 bits per heavy atom. The van der Waals surface area contributed by atoms with E-state index in [0.717, 1.165) is 6.42 Å². The Kier molecular flexibility index (Phi) is 7.50. The maximum atomic E-state index is 12.0. The lowest BCUT2D eigenvalue weighted by molar-refractivity contribution is -0.130. The fraction of sp³-hybridized carbons (Fsp3) is 0.750. The molecule has 0 aliphatic carbocycles. The first kappa shape index (κ1) is 16.8. The Labute approximate surface area is 114 Å². The summed E-state index contributed by atoms with van der Waals surface area (Å²) < 4.78 is 0. The van der Waals surface area contributed by atoms with E-state index in [4.69, 9.17) is 18.0 Å². The molecule has 0 aromatic rings. The molecule has 2 atom stereocenters. The second-order valence-corrected chi connectivity index (χ2v) is 5.12. The SMILES string of the molecule is CCCNC(=O)C(C)NC(=O)C(C(N)=S)C(C)C. The summed E-state index contributed by atoms with van der Waals surface area (Å²) in [7, 11) is 0. The molecule has 0 radical (unpaired) electrons. The average molecular weight is 273 g/mol. The molecule has 2 amide bonds. The molecule has 2 unspecified atom stereocenters. The number of carbonyl (C=O) groups excluding carboxylic acids is 2. The molecule has 0 saturated carbocycles. The van der Waals surface area contributed by atoms with Crippen molar-refractivity contribution in [2.75, 3.05) is 6.54 Å². The highest BCUT2D eigenvalue weighted by Crippen LogP contribution is 2.11. The van der Waals surface area contributed by atoms with Crippen LogP contribution in [0, 0.1) is 11.8 Å². The van der Waals surface area contributed by atoms with Crippen molar-refractivity contribution in [3.8, 4) is 0 Å². The molecule has 0 aliphatic rings. The summed E-state index contributed by atoms with van der Waals surface area (Å²) in [6, 6.07) is -0.584. The highest BCUT2D eigenvalue weighted by molar-refractivity contribution is 7.80. The first-order chi connectivity index (χ1) is 8.31. The fourth-order valence-corrected chi connectivity index (χ4v) is 1.91. The lowest BCUT2D eigenvalue weighted by Gasteiger charge is -2.21. The molecule has 0 fully saturated rings. The molecule has 0 aliphatic heterocycles. The van der Waals surface area contributed by atoms with E-state index in [1.165, 1.54) is 0 Å². The van der Waals surface area contributed by atoms with Crippen molar-refractivity contribution >= 4 is 29.0 Å². The van der Waals surface area contributed by atoms with E-state index in [2.05, 4.69) is 10.6 Å². The van der Waals surface area contributed by atoms with Crippen molar-refractivity contribution in [1.82, 2.24) is 10.6 Å². The van der Waals surface area contributed by atoms with Crippen LogP contribution < -0.4 is 16.4 Å². The fourth-order valence-electron chi connectivity index (χ4n) is 1.53. The predicted octanol–water partition coefficient (Wildman–Crippen LogP) is 0.576. The van der Waals surface area contributed by atoms with Crippen LogP contribution in [-0.4, -0.2) is 29.4 Å². The second-order valence-electron chi connectivity index (χ2n) is 4.65. The summed E-state index contributed by atoms with van der Waals surface area (Å²) in [5.41, 5.74) is 5.54. The van der Waals surface area contributed by atoms with Crippen molar-refractivity contribution < 1.29 is 9.59 Å². The third kappa shape index (κ3) is 5.44. The van der Waals surface area contributed by atoms with Crippen LogP contribution >= 0.6 is 12.2 Å². The summed E-state index contributed by atoms with van der Waals surface area (Å²) in [6.45, 7) is 7.93. The van der Waals surface area contributed by atoms with Crippen LogP contribution in [0.15, 0.2) is 0 Å². The molecule has 4 N–H and O–H groups in total. The zero-order valence-corrected chi connectivity index (χ0v) is 12.3. The average Bonchev–Trinajstić information content (AvgIpc) is 2.24. The summed E-state index contributed by atoms with van der Waals surface area (Å²) in [5, 5.41) is 5.35. The Hall–Kier alpha value is -1.17. The van der Waals surface area contributed by atoms with Gasteiger partial charge in [0.2, 0.25) is 11.8 Å². The Bertz CT molecular complexity index is 318. The van der Waals surface area contributed by atoms with E-state index in [0.29, 0.717) is 6.54 Å². The van der Waals surface area contributed by atoms with Gasteiger partial charge in [0.1, 0.15) is 6.04 Å². The van der Waals surface area contributed by atoms with Gasteiger partial charge in [0, 0.05) is 6.54 Å². The van der Waals surface area contributed by atoms with Crippen molar-refractivity contribution in [2.45, 2.75) is 40.2 Å². The van der Waals surface area contributed by atoms with Gasteiger partial charge in [-0.25, -0.2) is 0 Å². The normalized spacial score (nSPS) is 13.8. The van der Waals surface area contributed by atoms with Crippen molar-refractivity contribution in [3.05, 3.63) is 0 Å². The van der Waals surface area contributed by atoms with Crippen molar-refractivity contribution in [3.63, 3.8) is 0 Å². The van der Waals surface area contributed by atoms with Crippen LogP contribution in [-0.2, 0) is 9.59 Å². The van der Waals surface area contributed by atoms with Gasteiger partial charge < -0.3 is 16.4 Å². The number of hydrogen-bond acceptors (Lipinski definition) is 3. The summed E-state index contributed by atoms with van der Waals surface area (Å²) in [4.78, 5) is 23.7. The van der Waals surface area contributed by atoms with Gasteiger partial charge in [0.25, 0.3) is 0 Å². The van der Waals surface area contributed by atoms with E-state index in [1.54, 1.807) is 6.92 Å². The Morgan fingerprint density at radius 3 is 2.17 bits per heavy atom. The van der Waals surface area contributed by atoms with Crippen LogP contribution in [0.5, 0.6) is 0 Å². The van der Waals surface area contributed by atoms with E-state index < -0.39 is 12.0 Å². The van der Waals surface area contributed by atoms with Crippen molar-refractivity contribution in [2.24, 2.45) is 17.6 Å². The van der Waals surface area contributed by atoms with Crippen LogP contribution in [0.25, 0.3) is 0 Å². The topological polar surface area (TPSA) is 84.2 Å². The highest BCUT2D eigenvalue weighted by atomic mass is 32.1. The van der Waals surface area contributed by atoms with E-state index >= 15 is 0 Å². The maximum Gasteiger partial charge on any atom is 0.242 e. The second kappa shape index (κ2) is 8.02. The lowest BCUT2D eigenvalue weighted by Crippen LogP contribution is -2.49. The third-order valence-corrected chi connectivity index (χ3v) is 2.81. The smallest absolute Gasteiger partial charge is 0.242 e. The molecule has 0 aromatic carbocycles. The van der Waals surface area contributed by atoms with Gasteiger partial charge in [-0.3, -0.25) is 9.59 Å². The zero-order valence-electron chi connectivity index (χ0n) is 11.4. The third-order valence-electron chi connectivity index (χ3n) is 2.56. The summed E-state index contributed by atoms with van der Waals surface area (Å²) in [5.74, 6) is -1.03. The summed E-state index contributed by atoms with van der Waals surface area (Å²) in [6.07, 6.45) is 0.855. The summed E-state index contributed by atoms with van der Waals surface area (Å²) >= 11 is 4.87. The molecule has 0 saturated heterocycles. The first-order valence-electron chi connectivity index (χ1n) is 6.18. The minimum atomic E-state index is -0.584. The molecule has 5 nitrogen and oxygen atoms in total.